The zero-order valence-electron chi connectivity index (χ0n) is 14.4. The van der Waals surface area contributed by atoms with Crippen LogP contribution in [0.2, 0.25) is 5.02 Å². The highest BCUT2D eigenvalue weighted by Crippen LogP contribution is 2.30. The quantitative estimate of drug-likeness (QED) is 0.472. The summed E-state index contributed by atoms with van der Waals surface area (Å²) in [5.41, 5.74) is 2.64. The van der Waals surface area contributed by atoms with E-state index in [0.29, 0.717) is 16.7 Å². The Hall–Kier alpha value is -2.76. The van der Waals surface area contributed by atoms with Crippen LogP contribution in [0.25, 0.3) is 10.2 Å². The van der Waals surface area contributed by atoms with Gasteiger partial charge in [-0.05, 0) is 35.4 Å². The van der Waals surface area contributed by atoms with E-state index < -0.39 is 0 Å². The van der Waals surface area contributed by atoms with Crippen LogP contribution in [-0.2, 0) is 17.8 Å². The molecule has 0 unspecified atom stereocenters. The number of thiazole rings is 1. The van der Waals surface area contributed by atoms with Crippen LogP contribution in [0.5, 0.6) is 0 Å². The number of benzene rings is 2. The Morgan fingerprint density at radius 1 is 1.04 bits per heavy atom. The number of rotatable bonds is 5. The van der Waals surface area contributed by atoms with Gasteiger partial charge in [-0.2, -0.15) is 0 Å². The van der Waals surface area contributed by atoms with Crippen molar-refractivity contribution in [2.45, 2.75) is 13.0 Å². The SMILES string of the molecule is O=C(Cc1ccccc1Cl)N(Cc1cccnc1)c1nc2ccccc2s1. The number of anilines is 1. The number of hydrogen-bond acceptors (Lipinski definition) is 4. The average molecular weight is 394 g/mol. The maximum atomic E-state index is 13.2. The molecule has 27 heavy (non-hydrogen) atoms. The molecule has 4 nitrogen and oxygen atoms in total. The molecule has 2 aromatic heterocycles. The van der Waals surface area contributed by atoms with Crippen LogP contribution in [0.15, 0.2) is 73.1 Å². The van der Waals surface area contributed by atoms with E-state index in [1.165, 1.54) is 11.3 Å². The van der Waals surface area contributed by atoms with Gasteiger partial charge in [-0.1, -0.05) is 59.3 Å². The molecule has 0 bridgehead atoms. The second-order valence-electron chi connectivity index (χ2n) is 6.07. The zero-order chi connectivity index (χ0) is 18.6. The molecule has 2 heterocycles. The number of halogens is 1. The summed E-state index contributed by atoms with van der Waals surface area (Å²) >= 11 is 7.76. The lowest BCUT2D eigenvalue weighted by Crippen LogP contribution is -2.31. The third-order valence-corrected chi connectivity index (χ3v) is 5.61. The summed E-state index contributed by atoms with van der Waals surface area (Å²) in [5, 5.41) is 1.27. The van der Waals surface area contributed by atoms with Gasteiger partial charge in [-0.3, -0.25) is 14.7 Å². The first-order valence-electron chi connectivity index (χ1n) is 8.49. The number of carbonyl (C=O) groups excluding carboxylic acids is 1. The highest BCUT2D eigenvalue weighted by molar-refractivity contribution is 7.22. The molecule has 2 aromatic carbocycles. The predicted molar refractivity (Wildman–Crippen MR) is 110 cm³/mol. The number of amides is 1. The van der Waals surface area contributed by atoms with Gasteiger partial charge in [0.1, 0.15) is 0 Å². The van der Waals surface area contributed by atoms with E-state index in [2.05, 4.69) is 9.97 Å². The first-order valence-corrected chi connectivity index (χ1v) is 9.68. The van der Waals surface area contributed by atoms with Gasteiger partial charge in [-0.25, -0.2) is 4.98 Å². The van der Waals surface area contributed by atoms with Crippen molar-refractivity contribution in [2.75, 3.05) is 4.90 Å². The van der Waals surface area contributed by atoms with E-state index in [4.69, 9.17) is 11.6 Å². The van der Waals surface area contributed by atoms with Gasteiger partial charge in [0.25, 0.3) is 0 Å². The van der Waals surface area contributed by atoms with Crippen molar-refractivity contribution in [2.24, 2.45) is 0 Å². The molecule has 0 aliphatic rings. The van der Waals surface area contributed by atoms with E-state index >= 15 is 0 Å². The highest BCUT2D eigenvalue weighted by atomic mass is 35.5. The maximum Gasteiger partial charge on any atom is 0.233 e. The molecule has 0 saturated carbocycles. The number of nitrogens with zero attached hydrogens (tertiary/aromatic N) is 3. The minimum absolute atomic E-state index is 0.0500. The van der Waals surface area contributed by atoms with E-state index in [1.54, 1.807) is 23.4 Å². The fraction of sp³-hybridized carbons (Fsp3) is 0.0952. The van der Waals surface area contributed by atoms with Crippen LogP contribution in [0, 0.1) is 0 Å². The van der Waals surface area contributed by atoms with E-state index in [1.807, 2.05) is 54.6 Å². The van der Waals surface area contributed by atoms with Gasteiger partial charge in [0.15, 0.2) is 5.13 Å². The molecule has 1 amide bonds. The monoisotopic (exact) mass is 393 g/mol. The molecular weight excluding hydrogens is 378 g/mol. The third-order valence-electron chi connectivity index (χ3n) is 4.18. The molecule has 0 spiro atoms. The van der Waals surface area contributed by atoms with Crippen molar-refractivity contribution < 1.29 is 4.79 Å². The molecule has 0 fully saturated rings. The Labute approximate surface area is 166 Å². The lowest BCUT2D eigenvalue weighted by atomic mass is 10.1. The summed E-state index contributed by atoms with van der Waals surface area (Å²) in [7, 11) is 0. The van der Waals surface area contributed by atoms with Crippen LogP contribution in [0.4, 0.5) is 5.13 Å². The second-order valence-corrected chi connectivity index (χ2v) is 7.49. The van der Waals surface area contributed by atoms with Crippen LogP contribution in [0.1, 0.15) is 11.1 Å². The van der Waals surface area contributed by atoms with Gasteiger partial charge < -0.3 is 0 Å². The Morgan fingerprint density at radius 2 is 1.85 bits per heavy atom. The summed E-state index contributed by atoms with van der Waals surface area (Å²) in [4.78, 5) is 23.7. The average Bonchev–Trinajstić information content (AvgIpc) is 3.12. The lowest BCUT2D eigenvalue weighted by Gasteiger charge is -2.20. The van der Waals surface area contributed by atoms with Crippen molar-refractivity contribution >= 4 is 44.2 Å². The van der Waals surface area contributed by atoms with Gasteiger partial charge in [-0.15, -0.1) is 0 Å². The fourth-order valence-electron chi connectivity index (χ4n) is 2.81. The molecule has 134 valence electrons. The van der Waals surface area contributed by atoms with Crippen LogP contribution in [0.3, 0.4) is 0 Å². The number of para-hydroxylation sites is 1. The first kappa shape index (κ1) is 17.6. The number of fused-ring (bicyclic) bond motifs is 1. The van der Waals surface area contributed by atoms with Crippen molar-refractivity contribution in [3.63, 3.8) is 0 Å². The topological polar surface area (TPSA) is 46.1 Å². The molecule has 6 heteroatoms. The van der Waals surface area contributed by atoms with Gasteiger partial charge in [0.2, 0.25) is 5.91 Å². The number of hydrogen-bond donors (Lipinski definition) is 0. The van der Waals surface area contributed by atoms with E-state index in [-0.39, 0.29) is 12.3 Å². The Morgan fingerprint density at radius 3 is 2.63 bits per heavy atom. The molecule has 0 radical (unpaired) electrons. The summed E-state index contributed by atoms with van der Waals surface area (Å²) in [6.45, 7) is 0.414. The largest absolute Gasteiger partial charge is 0.283 e. The molecule has 0 saturated heterocycles. The van der Waals surface area contributed by atoms with Gasteiger partial charge >= 0.3 is 0 Å². The first-order chi connectivity index (χ1) is 13.2. The second kappa shape index (κ2) is 7.86. The normalized spacial score (nSPS) is 10.9. The summed E-state index contributed by atoms with van der Waals surface area (Å²) < 4.78 is 1.05. The van der Waals surface area contributed by atoms with Crippen LogP contribution >= 0.6 is 22.9 Å². The number of carbonyl (C=O) groups is 1. The molecule has 0 aliphatic heterocycles. The predicted octanol–water partition coefficient (Wildman–Crippen LogP) is 5.12. The van der Waals surface area contributed by atoms with Gasteiger partial charge in [0, 0.05) is 17.4 Å². The van der Waals surface area contributed by atoms with Crippen molar-refractivity contribution in [3.8, 4) is 0 Å². The molecule has 0 N–H and O–H groups in total. The molecular formula is C21H16ClN3OS. The van der Waals surface area contributed by atoms with E-state index in [0.717, 1.165) is 21.3 Å². The highest BCUT2D eigenvalue weighted by Gasteiger charge is 2.21. The number of pyridine rings is 1. The van der Waals surface area contributed by atoms with Gasteiger partial charge in [0.05, 0.1) is 23.2 Å². The minimum Gasteiger partial charge on any atom is -0.283 e. The summed E-state index contributed by atoms with van der Waals surface area (Å²) in [6.07, 6.45) is 3.70. The standard InChI is InChI=1S/C21H16ClN3OS/c22-17-8-2-1-7-16(17)12-20(26)25(14-15-6-5-11-23-13-15)21-24-18-9-3-4-10-19(18)27-21/h1-11,13H,12,14H2. The van der Waals surface area contributed by atoms with Crippen LogP contribution < -0.4 is 4.90 Å². The zero-order valence-corrected chi connectivity index (χ0v) is 16.0. The fourth-order valence-corrected chi connectivity index (χ4v) is 4.00. The Balaban J connectivity index is 1.68. The molecule has 0 aliphatic carbocycles. The smallest absolute Gasteiger partial charge is 0.233 e. The van der Waals surface area contributed by atoms with Crippen molar-refractivity contribution in [3.05, 3.63) is 89.2 Å². The molecule has 0 atom stereocenters. The third kappa shape index (κ3) is 3.99. The van der Waals surface area contributed by atoms with Crippen LogP contribution in [-0.4, -0.2) is 15.9 Å². The Bertz CT molecular complexity index is 1050. The molecule has 4 rings (SSSR count). The molecule has 4 aromatic rings. The minimum atomic E-state index is -0.0500. The Kier molecular flexibility index (Phi) is 5.14. The maximum absolute atomic E-state index is 13.2. The lowest BCUT2D eigenvalue weighted by molar-refractivity contribution is -0.118. The summed E-state index contributed by atoms with van der Waals surface area (Å²) in [6, 6.07) is 19.1. The van der Waals surface area contributed by atoms with E-state index in [9.17, 15) is 4.79 Å². The van der Waals surface area contributed by atoms with Crippen molar-refractivity contribution in [1.29, 1.82) is 0 Å². The summed E-state index contributed by atoms with van der Waals surface area (Å²) in [5.74, 6) is -0.0500. The van der Waals surface area contributed by atoms with Crippen molar-refractivity contribution in [1.82, 2.24) is 9.97 Å². The number of aromatic nitrogens is 2.